The van der Waals surface area contributed by atoms with E-state index in [1.54, 1.807) is 43.3 Å². The van der Waals surface area contributed by atoms with Gasteiger partial charge in [-0.25, -0.2) is 9.59 Å². The minimum atomic E-state index is -1.08. The molecular weight excluding hydrogens is 424 g/mol. The van der Waals surface area contributed by atoms with Crippen LogP contribution in [0.4, 0.5) is 21.9 Å². The maximum atomic E-state index is 13.0. The van der Waals surface area contributed by atoms with Gasteiger partial charge in [-0.15, -0.1) is 0 Å². The lowest BCUT2D eigenvalue weighted by atomic mass is 10.1. The van der Waals surface area contributed by atoms with Crippen molar-refractivity contribution in [1.82, 2.24) is 4.90 Å². The van der Waals surface area contributed by atoms with Crippen LogP contribution >= 0.6 is 11.6 Å². The second kappa shape index (κ2) is 9.23. The van der Waals surface area contributed by atoms with E-state index in [4.69, 9.17) is 11.6 Å². The highest BCUT2D eigenvalue weighted by molar-refractivity contribution is 6.30. The summed E-state index contributed by atoms with van der Waals surface area (Å²) in [5.74, 6) is -1.56. The van der Waals surface area contributed by atoms with E-state index in [0.717, 1.165) is 0 Å². The summed E-state index contributed by atoms with van der Waals surface area (Å²) in [6, 6.07) is 9.45. The number of hydrogen-bond acceptors (Lipinski definition) is 5. The molecule has 1 aliphatic rings. The number of rotatable bonds is 5. The van der Waals surface area contributed by atoms with Gasteiger partial charge in [0.2, 0.25) is 5.91 Å². The number of amides is 3. The molecule has 3 rings (SSSR count). The molecule has 2 aromatic carbocycles. The number of β-amino-alcohol motifs (C(OH)–C–C–N with tert-alkyl or cyclic N) is 1. The predicted molar refractivity (Wildman–Crippen MR) is 118 cm³/mol. The number of carbonyl (C=O) groups excluding carboxylic acids is 2. The minimum Gasteiger partial charge on any atom is -0.478 e. The fourth-order valence-electron chi connectivity index (χ4n) is 3.37. The zero-order valence-corrected chi connectivity index (χ0v) is 17.8. The standard InChI is InChI=1S/C21H23ClN4O5/c1-25(2)17-9-12(20(29)30)3-8-16(17)24-19(28)18-10-15(27)11-26(18)21(31)23-14-6-4-13(22)5-7-14/h3-9,15,18,27H,10-11H2,1-2H3,(H,23,31)(H,24,28)(H,29,30)/t15-,18-/m1/s1. The summed E-state index contributed by atoms with van der Waals surface area (Å²) in [6.45, 7) is 0.00992. The number of aliphatic hydroxyl groups excluding tert-OH is 1. The highest BCUT2D eigenvalue weighted by atomic mass is 35.5. The monoisotopic (exact) mass is 446 g/mol. The van der Waals surface area contributed by atoms with E-state index in [-0.39, 0.29) is 18.5 Å². The molecule has 0 saturated carbocycles. The summed E-state index contributed by atoms with van der Waals surface area (Å²) in [4.78, 5) is 39.9. The summed E-state index contributed by atoms with van der Waals surface area (Å²) in [5, 5.41) is 25.3. The molecule has 10 heteroatoms. The average Bonchev–Trinajstić information content (AvgIpc) is 3.11. The lowest BCUT2D eigenvalue weighted by molar-refractivity contribution is -0.119. The predicted octanol–water partition coefficient (Wildman–Crippen LogP) is 2.71. The van der Waals surface area contributed by atoms with Crippen molar-refractivity contribution in [2.75, 3.05) is 36.2 Å². The van der Waals surface area contributed by atoms with Crippen molar-refractivity contribution < 1.29 is 24.6 Å². The van der Waals surface area contributed by atoms with E-state index in [0.29, 0.717) is 22.1 Å². The topological polar surface area (TPSA) is 122 Å². The number of benzene rings is 2. The van der Waals surface area contributed by atoms with Gasteiger partial charge in [0.25, 0.3) is 0 Å². The van der Waals surface area contributed by atoms with Gasteiger partial charge in [-0.05, 0) is 42.5 Å². The van der Waals surface area contributed by atoms with Crippen molar-refractivity contribution in [1.29, 1.82) is 0 Å². The molecule has 0 spiro atoms. The number of halogens is 1. The molecule has 0 radical (unpaired) electrons. The Morgan fingerprint density at radius 1 is 1.10 bits per heavy atom. The lowest BCUT2D eigenvalue weighted by Crippen LogP contribution is -2.45. The fourth-order valence-corrected chi connectivity index (χ4v) is 3.50. The summed E-state index contributed by atoms with van der Waals surface area (Å²) in [6.07, 6.45) is -0.751. The molecule has 0 aromatic heterocycles. The number of nitrogens with zero attached hydrogens (tertiary/aromatic N) is 2. The third-order valence-corrected chi connectivity index (χ3v) is 5.17. The molecule has 0 unspecified atom stereocenters. The van der Waals surface area contributed by atoms with Crippen molar-refractivity contribution in [2.45, 2.75) is 18.6 Å². The van der Waals surface area contributed by atoms with Crippen LogP contribution in [0.25, 0.3) is 0 Å². The van der Waals surface area contributed by atoms with Crippen LogP contribution in [0.5, 0.6) is 0 Å². The van der Waals surface area contributed by atoms with Crippen LogP contribution < -0.4 is 15.5 Å². The quantitative estimate of drug-likeness (QED) is 0.560. The maximum Gasteiger partial charge on any atom is 0.335 e. The van der Waals surface area contributed by atoms with Gasteiger partial charge < -0.3 is 30.6 Å². The Kier molecular flexibility index (Phi) is 6.67. The number of nitrogens with one attached hydrogen (secondary N) is 2. The van der Waals surface area contributed by atoms with E-state index in [2.05, 4.69) is 10.6 Å². The highest BCUT2D eigenvalue weighted by Crippen LogP contribution is 2.28. The van der Waals surface area contributed by atoms with Gasteiger partial charge in [0.1, 0.15) is 6.04 Å². The van der Waals surface area contributed by atoms with Gasteiger partial charge in [0.15, 0.2) is 0 Å². The molecule has 2 aromatic rings. The van der Waals surface area contributed by atoms with Crippen molar-refractivity contribution in [3.05, 3.63) is 53.1 Å². The first-order valence-electron chi connectivity index (χ1n) is 9.52. The summed E-state index contributed by atoms with van der Waals surface area (Å²) >= 11 is 5.85. The maximum absolute atomic E-state index is 13.0. The first-order valence-corrected chi connectivity index (χ1v) is 9.90. The third kappa shape index (κ3) is 5.25. The molecule has 0 bridgehead atoms. The van der Waals surface area contributed by atoms with E-state index in [9.17, 15) is 24.6 Å². The smallest absolute Gasteiger partial charge is 0.335 e. The third-order valence-electron chi connectivity index (χ3n) is 4.92. The molecule has 1 fully saturated rings. The van der Waals surface area contributed by atoms with E-state index < -0.39 is 30.1 Å². The Labute approximate surface area is 184 Å². The summed E-state index contributed by atoms with van der Waals surface area (Å²) < 4.78 is 0. The molecule has 1 saturated heterocycles. The lowest BCUT2D eigenvalue weighted by Gasteiger charge is -2.25. The van der Waals surface area contributed by atoms with E-state index in [1.807, 2.05) is 0 Å². The second-order valence-corrected chi connectivity index (χ2v) is 7.85. The van der Waals surface area contributed by atoms with Crippen LogP contribution in [-0.2, 0) is 4.79 Å². The number of hydrogen-bond donors (Lipinski definition) is 4. The van der Waals surface area contributed by atoms with Crippen LogP contribution in [0.2, 0.25) is 5.02 Å². The second-order valence-electron chi connectivity index (χ2n) is 7.42. The number of carboxylic acids is 1. The summed E-state index contributed by atoms with van der Waals surface area (Å²) in [7, 11) is 3.45. The molecule has 164 valence electrons. The molecule has 4 N–H and O–H groups in total. The average molecular weight is 447 g/mol. The normalized spacial score (nSPS) is 17.9. The fraction of sp³-hybridized carbons (Fsp3) is 0.286. The number of carbonyl (C=O) groups is 3. The van der Waals surface area contributed by atoms with Crippen molar-refractivity contribution in [3.63, 3.8) is 0 Å². The molecular formula is C21H23ClN4O5. The van der Waals surface area contributed by atoms with E-state index in [1.165, 1.54) is 23.1 Å². The van der Waals surface area contributed by atoms with Crippen molar-refractivity contribution in [3.8, 4) is 0 Å². The number of aliphatic hydroxyl groups is 1. The molecule has 1 heterocycles. The number of aromatic carboxylic acids is 1. The Bertz CT molecular complexity index is 996. The summed E-state index contributed by atoms with van der Waals surface area (Å²) in [5.41, 5.74) is 1.50. The van der Waals surface area contributed by atoms with Gasteiger partial charge in [0.05, 0.1) is 23.0 Å². The number of anilines is 3. The van der Waals surface area contributed by atoms with Crippen LogP contribution in [0.3, 0.4) is 0 Å². The van der Waals surface area contributed by atoms with Gasteiger partial charge in [-0.2, -0.15) is 0 Å². The molecule has 1 aliphatic heterocycles. The van der Waals surface area contributed by atoms with Crippen molar-refractivity contribution >= 4 is 46.6 Å². The van der Waals surface area contributed by atoms with Crippen LogP contribution in [0.1, 0.15) is 16.8 Å². The molecule has 31 heavy (non-hydrogen) atoms. The number of urea groups is 1. The SMILES string of the molecule is CN(C)c1cc(C(=O)O)ccc1NC(=O)[C@H]1C[C@@H](O)CN1C(=O)Nc1ccc(Cl)cc1. The number of likely N-dealkylation sites (tertiary alicyclic amines) is 1. The molecule has 0 aliphatic carbocycles. The Hall–Kier alpha value is -3.30. The molecule has 9 nitrogen and oxygen atoms in total. The van der Waals surface area contributed by atoms with Gasteiger partial charge >= 0.3 is 12.0 Å². The van der Waals surface area contributed by atoms with Gasteiger partial charge in [-0.3, -0.25) is 4.79 Å². The Morgan fingerprint density at radius 3 is 2.39 bits per heavy atom. The van der Waals surface area contributed by atoms with Crippen LogP contribution in [0, 0.1) is 0 Å². The van der Waals surface area contributed by atoms with Gasteiger partial charge in [0, 0.05) is 37.8 Å². The first-order chi connectivity index (χ1) is 14.7. The van der Waals surface area contributed by atoms with Crippen LogP contribution in [0.15, 0.2) is 42.5 Å². The van der Waals surface area contributed by atoms with Crippen molar-refractivity contribution in [2.24, 2.45) is 0 Å². The largest absolute Gasteiger partial charge is 0.478 e. The van der Waals surface area contributed by atoms with Crippen LogP contribution in [-0.4, -0.2) is 65.8 Å². The first kappa shape index (κ1) is 22.4. The number of carboxylic acid groups (broad SMARTS) is 1. The van der Waals surface area contributed by atoms with Gasteiger partial charge in [-0.1, -0.05) is 11.6 Å². The highest BCUT2D eigenvalue weighted by Gasteiger charge is 2.39. The van der Waals surface area contributed by atoms with E-state index >= 15 is 0 Å². The minimum absolute atomic E-state index is 0.00992. The zero-order chi connectivity index (χ0) is 22.7. The Morgan fingerprint density at radius 2 is 1.77 bits per heavy atom. The molecule has 3 amide bonds. The molecule has 2 atom stereocenters. The Balaban J connectivity index is 1.77. The zero-order valence-electron chi connectivity index (χ0n) is 17.0.